The number of halogens is 2. The summed E-state index contributed by atoms with van der Waals surface area (Å²) < 4.78 is 38.7. The van der Waals surface area contributed by atoms with Crippen molar-refractivity contribution in [1.82, 2.24) is 0 Å². The van der Waals surface area contributed by atoms with Crippen molar-refractivity contribution in [3.8, 4) is 16.9 Å². The lowest BCUT2D eigenvalue weighted by atomic mass is 10.0. The summed E-state index contributed by atoms with van der Waals surface area (Å²) in [5.74, 6) is -2.32. The molecule has 6 heteroatoms. The molecule has 0 aliphatic heterocycles. The van der Waals surface area contributed by atoms with Gasteiger partial charge in [0.15, 0.2) is 11.6 Å². The second kappa shape index (κ2) is 7.15. The molecule has 1 aromatic heterocycles. The lowest BCUT2D eigenvalue weighted by Gasteiger charge is -2.09. The first-order valence-electron chi connectivity index (χ1n) is 8.43. The summed E-state index contributed by atoms with van der Waals surface area (Å²) in [4.78, 5) is 11.0. The second-order valence-electron chi connectivity index (χ2n) is 6.20. The molecule has 0 atom stereocenters. The van der Waals surface area contributed by atoms with Gasteiger partial charge in [-0.3, -0.25) is 0 Å². The molecule has 3 aromatic carbocycles. The van der Waals surface area contributed by atoms with Gasteiger partial charge in [-0.25, -0.2) is 13.6 Å². The van der Waals surface area contributed by atoms with Crippen LogP contribution in [0.25, 0.3) is 22.1 Å². The summed E-state index contributed by atoms with van der Waals surface area (Å²) in [5.41, 5.74) is 2.29. The highest BCUT2D eigenvalue weighted by Crippen LogP contribution is 2.33. The van der Waals surface area contributed by atoms with Crippen molar-refractivity contribution in [3.63, 3.8) is 0 Å². The Morgan fingerprint density at radius 2 is 1.82 bits per heavy atom. The summed E-state index contributed by atoms with van der Waals surface area (Å²) >= 11 is 0. The van der Waals surface area contributed by atoms with Gasteiger partial charge < -0.3 is 14.3 Å². The van der Waals surface area contributed by atoms with Crippen molar-refractivity contribution in [1.29, 1.82) is 0 Å². The highest BCUT2D eigenvalue weighted by molar-refractivity contribution is 5.93. The van der Waals surface area contributed by atoms with E-state index in [1.807, 2.05) is 0 Å². The van der Waals surface area contributed by atoms with Crippen LogP contribution in [0.1, 0.15) is 15.9 Å². The van der Waals surface area contributed by atoms with E-state index in [4.69, 9.17) is 14.3 Å². The van der Waals surface area contributed by atoms with Gasteiger partial charge in [0.1, 0.15) is 17.9 Å². The summed E-state index contributed by atoms with van der Waals surface area (Å²) in [6, 6.07) is 15.8. The molecule has 0 amide bonds. The predicted molar refractivity (Wildman–Crippen MR) is 99.3 cm³/mol. The van der Waals surface area contributed by atoms with Gasteiger partial charge in [-0.05, 0) is 47.5 Å². The van der Waals surface area contributed by atoms with Gasteiger partial charge in [-0.15, -0.1) is 0 Å². The number of benzene rings is 3. The molecule has 0 aliphatic rings. The Labute approximate surface area is 158 Å². The van der Waals surface area contributed by atoms with E-state index in [1.165, 1.54) is 18.4 Å². The molecule has 0 aliphatic carbocycles. The zero-order chi connectivity index (χ0) is 19.7. The Kier molecular flexibility index (Phi) is 4.53. The van der Waals surface area contributed by atoms with Crippen LogP contribution in [-0.4, -0.2) is 11.1 Å². The van der Waals surface area contributed by atoms with E-state index in [2.05, 4.69) is 0 Å². The van der Waals surface area contributed by atoms with Gasteiger partial charge >= 0.3 is 5.97 Å². The predicted octanol–water partition coefficient (Wildman–Crippen LogP) is 5.66. The van der Waals surface area contributed by atoms with Crippen LogP contribution in [0.5, 0.6) is 5.75 Å². The maximum Gasteiger partial charge on any atom is 0.335 e. The molecule has 4 rings (SSSR count). The molecule has 0 spiro atoms. The molecule has 0 fully saturated rings. The standard InChI is InChI=1S/C22H14F2O4/c23-19-11-18(21-17(20(19)24)8-9-27-21)14-4-6-16(7-5-14)28-12-13-2-1-3-15(10-13)22(25)26/h1-11H,12H2,(H,25,26). The van der Waals surface area contributed by atoms with Crippen molar-refractivity contribution in [2.75, 3.05) is 0 Å². The molecule has 1 N–H and O–H groups in total. The lowest BCUT2D eigenvalue weighted by molar-refractivity contribution is 0.0696. The summed E-state index contributed by atoms with van der Waals surface area (Å²) in [7, 11) is 0. The summed E-state index contributed by atoms with van der Waals surface area (Å²) in [5, 5.41) is 9.12. The van der Waals surface area contributed by atoms with Gasteiger partial charge in [0.2, 0.25) is 0 Å². The van der Waals surface area contributed by atoms with Gasteiger partial charge in [0.05, 0.1) is 17.2 Å². The third kappa shape index (κ3) is 3.32. The third-order valence-electron chi connectivity index (χ3n) is 4.37. The number of ether oxygens (including phenoxy) is 1. The minimum atomic E-state index is -0.998. The normalized spacial score (nSPS) is 10.9. The van der Waals surface area contributed by atoms with Crippen LogP contribution >= 0.6 is 0 Å². The van der Waals surface area contributed by atoms with Crippen LogP contribution in [0.4, 0.5) is 8.78 Å². The van der Waals surface area contributed by atoms with Crippen molar-refractivity contribution in [3.05, 3.63) is 89.7 Å². The molecule has 0 bridgehead atoms. The van der Waals surface area contributed by atoms with E-state index in [0.717, 1.165) is 11.6 Å². The van der Waals surface area contributed by atoms with Crippen LogP contribution in [0.15, 0.2) is 71.3 Å². The zero-order valence-electron chi connectivity index (χ0n) is 14.5. The van der Waals surface area contributed by atoms with E-state index >= 15 is 0 Å². The van der Waals surface area contributed by atoms with Crippen LogP contribution < -0.4 is 4.74 Å². The van der Waals surface area contributed by atoms with E-state index in [9.17, 15) is 13.6 Å². The van der Waals surface area contributed by atoms with Crippen LogP contribution in [0.3, 0.4) is 0 Å². The van der Waals surface area contributed by atoms with Gasteiger partial charge in [0, 0.05) is 5.56 Å². The average molecular weight is 380 g/mol. The third-order valence-corrected chi connectivity index (χ3v) is 4.37. The number of rotatable bonds is 5. The molecule has 0 saturated heterocycles. The smallest absolute Gasteiger partial charge is 0.335 e. The van der Waals surface area contributed by atoms with Crippen molar-refractivity contribution in [2.24, 2.45) is 0 Å². The monoisotopic (exact) mass is 380 g/mol. The van der Waals surface area contributed by atoms with E-state index < -0.39 is 17.6 Å². The van der Waals surface area contributed by atoms with Gasteiger partial charge in [-0.2, -0.15) is 0 Å². The first-order valence-corrected chi connectivity index (χ1v) is 8.43. The minimum Gasteiger partial charge on any atom is -0.489 e. The van der Waals surface area contributed by atoms with Crippen LogP contribution in [0, 0.1) is 11.6 Å². The van der Waals surface area contributed by atoms with E-state index in [0.29, 0.717) is 16.9 Å². The number of carbonyl (C=O) groups is 1. The molecule has 0 unspecified atom stereocenters. The first kappa shape index (κ1) is 17.7. The number of carboxylic acid groups (broad SMARTS) is 1. The number of aromatic carboxylic acids is 1. The fourth-order valence-electron chi connectivity index (χ4n) is 2.98. The lowest BCUT2D eigenvalue weighted by Crippen LogP contribution is -2.00. The van der Waals surface area contributed by atoms with E-state index in [1.54, 1.807) is 42.5 Å². The Balaban J connectivity index is 1.55. The molecule has 4 nitrogen and oxygen atoms in total. The number of fused-ring (bicyclic) bond motifs is 1. The van der Waals surface area contributed by atoms with Crippen molar-refractivity contribution < 1.29 is 27.8 Å². The molecule has 28 heavy (non-hydrogen) atoms. The molecule has 1 heterocycles. The van der Waals surface area contributed by atoms with Gasteiger partial charge in [-0.1, -0.05) is 24.3 Å². The van der Waals surface area contributed by atoms with Crippen LogP contribution in [0.2, 0.25) is 0 Å². The fraction of sp³-hybridized carbons (Fsp3) is 0.0455. The quantitative estimate of drug-likeness (QED) is 0.486. The number of carboxylic acids is 1. The maximum atomic E-state index is 13.9. The number of furan rings is 1. The molecular weight excluding hydrogens is 366 g/mol. The Hall–Kier alpha value is -3.67. The van der Waals surface area contributed by atoms with Gasteiger partial charge in [0.25, 0.3) is 0 Å². The zero-order valence-corrected chi connectivity index (χ0v) is 14.5. The van der Waals surface area contributed by atoms with E-state index in [-0.39, 0.29) is 23.1 Å². The SMILES string of the molecule is O=C(O)c1cccc(COc2ccc(-c3cc(F)c(F)c4ccoc34)cc2)c1. The number of hydrogen-bond donors (Lipinski definition) is 1. The molecule has 140 valence electrons. The molecule has 0 radical (unpaired) electrons. The molecule has 4 aromatic rings. The highest BCUT2D eigenvalue weighted by Gasteiger charge is 2.16. The topological polar surface area (TPSA) is 59.7 Å². The summed E-state index contributed by atoms with van der Waals surface area (Å²) in [6.45, 7) is 0.202. The Morgan fingerprint density at radius 1 is 1.04 bits per heavy atom. The molecule has 0 saturated carbocycles. The molecular formula is C22H14F2O4. The average Bonchev–Trinajstić information content (AvgIpc) is 3.20. The fourth-order valence-corrected chi connectivity index (χ4v) is 2.98. The minimum absolute atomic E-state index is 0.0913. The largest absolute Gasteiger partial charge is 0.489 e. The highest BCUT2D eigenvalue weighted by atomic mass is 19.2. The Bertz CT molecular complexity index is 1160. The first-order chi connectivity index (χ1) is 13.5. The maximum absolute atomic E-state index is 13.9. The summed E-state index contributed by atoms with van der Waals surface area (Å²) in [6.07, 6.45) is 1.32. The van der Waals surface area contributed by atoms with Crippen molar-refractivity contribution in [2.45, 2.75) is 6.61 Å². The van der Waals surface area contributed by atoms with Crippen molar-refractivity contribution >= 4 is 16.9 Å². The van der Waals surface area contributed by atoms with Crippen LogP contribution in [-0.2, 0) is 6.61 Å². The number of hydrogen-bond acceptors (Lipinski definition) is 3. The Morgan fingerprint density at radius 3 is 2.57 bits per heavy atom. The second-order valence-corrected chi connectivity index (χ2v) is 6.20.